The molecule has 0 aromatic heterocycles. The van der Waals surface area contributed by atoms with Crippen LogP contribution in [0.1, 0.15) is 45.4 Å². The van der Waals surface area contributed by atoms with Crippen LogP contribution in [0.25, 0.3) is 0 Å². The van der Waals surface area contributed by atoms with Crippen LogP contribution in [0.4, 0.5) is 0 Å². The molecule has 0 aliphatic heterocycles. The first kappa shape index (κ1) is 10.4. The van der Waals surface area contributed by atoms with E-state index in [0.717, 1.165) is 6.42 Å². The van der Waals surface area contributed by atoms with Crippen LogP contribution in [0.2, 0.25) is 0 Å². The second kappa shape index (κ2) is 5.85. The molecule has 0 heterocycles. The topological polar surface area (TPSA) is 12.0 Å². The van der Waals surface area contributed by atoms with Gasteiger partial charge in [-0.25, -0.2) is 0 Å². The highest BCUT2D eigenvalue weighted by molar-refractivity contribution is 5.14. The minimum atomic E-state index is 0.699. The van der Waals surface area contributed by atoms with Crippen molar-refractivity contribution in [1.82, 2.24) is 5.32 Å². The van der Waals surface area contributed by atoms with E-state index in [1.807, 2.05) is 6.08 Å². The number of hydrogen-bond acceptors (Lipinski definition) is 1. The van der Waals surface area contributed by atoms with Crippen molar-refractivity contribution in [2.24, 2.45) is 0 Å². The second-order valence-electron chi connectivity index (χ2n) is 3.75. The fraction of sp³-hybridized carbons (Fsp3) is 0.667. The van der Waals surface area contributed by atoms with E-state index in [0.29, 0.717) is 6.04 Å². The molecule has 1 aliphatic carbocycles. The molecule has 0 radical (unpaired) electrons. The van der Waals surface area contributed by atoms with Gasteiger partial charge in [-0.3, -0.25) is 0 Å². The summed E-state index contributed by atoms with van der Waals surface area (Å²) in [5.74, 6) is 0. The summed E-state index contributed by atoms with van der Waals surface area (Å²) >= 11 is 0. The van der Waals surface area contributed by atoms with Gasteiger partial charge in [0.25, 0.3) is 0 Å². The Morgan fingerprint density at radius 3 is 2.62 bits per heavy atom. The highest BCUT2D eigenvalue weighted by Gasteiger charge is 2.12. The molecular formula is C12H21N. The molecule has 74 valence electrons. The molecule has 1 fully saturated rings. The Morgan fingerprint density at radius 1 is 1.38 bits per heavy atom. The molecule has 1 aliphatic rings. The number of rotatable bonds is 4. The molecule has 0 aromatic carbocycles. The highest BCUT2D eigenvalue weighted by atomic mass is 14.9. The molecule has 1 heteroatoms. The van der Waals surface area contributed by atoms with E-state index in [2.05, 4.69) is 24.9 Å². The first-order chi connectivity index (χ1) is 6.36. The molecule has 1 N–H and O–H groups in total. The zero-order valence-electron chi connectivity index (χ0n) is 8.68. The minimum absolute atomic E-state index is 0.699. The van der Waals surface area contributed by atoms with Gasteiger partial charge in [-0.1, -0.05) is 38.8 Å². The van der Waals surface area contributed by atoms with E-state index in [1.165, 1.54) is 37.8 Å². The Labute approximate surface area is 81.9 Å². The summed E-state index contributed by atoms with van der Waals surface area (Å²) in [6.07, 6.45) is 12.1. The average molecular weight is 179 g/mol. The van der Waals surface area contributed by atoms with Crippen molar-refractivity contribution >= 4 is 0 Å². The predicted octanol–water partition coefficient (Wildman–Crippen LogP) is 3.39. The van der Waals surface area contributed by atoms with Gasteiger partial charge < -0.3 is 5.32 Å². The number of hydrogen-bond donors (Lipinski definition) is 1. The summed E-state index contributed by atoms with van der Waals surface area (Å²) in [6, 6.07) is 0.699. The zero-order valence-corrected chi connectivity index (χ0v) is 8.68. The van der Waals surface area contributed by atoms with Crippen LogP contribution in [0.5, 0.6) is 0 Å². The van der Waals surface area contributed by atoms with Crippen molar-refractivity contribution in [2.45, 2.75) is 51.5 Å². The van der Waals surface area contributed by atoms with Crippen molar-refractivity contribution in [3.8, 4) is 0 Å². The summed E-state index contributed by atoms with van der Waals surface area (Å²) in [5, 5.41) is 3.55. The Morgan fingerprint density at radius 2 is 2.08 bits per heavy atom. The molecule has 1 nitrogen and oxygen atoms in total. The molecule has 0 aromatic rings. The maximum absolute atomic E-state index is 3.81. The third-order valence-electron chi connectivity index (χ3n) is 2.62. The monoisotopic (exact) mass is 179 g/mol. The van der Waals surface area contributed by atoms with Gasteiger partial charge >= 0.3 is 0 Å². The van der Waals surface area contributed by atoms with Crippen LogP contribution in [-0.2, 0) is 0 Å². The molecule has 1 rings (SSSR count). The summed E-state index contributed by atoms with van der Waals surface area (Å²) in [5.41, 5.74) is 1.22. The smallest absolute Gasteiger partial charge is 0.0295 e. The van der Waals surface area contributed by atoms with E-state index in [9.17, 15) is 0 Å². The van der Waals surface area contributed by atoms with Crippen molar-refractivity contribution in [3.05, 3.63) is 24.4 Å². The lowest BCUT2D eigenvalue weighted by atomic mass is 9.95. The van der Waals surface area contributed by atoms with E-state index < -0.39 is 0 Å². The molecule has 0 spiro atoms. The second-order valence-corrected chi connectivity index (χ2v) is 3.75. The van der Waals surface area contributed by atoms with Gasteiger partial charge in [0.1, 0.15) is 0 Å². The van der Waals surface area contributed by atoms with E-state index in [-0.39, 0.29) is 0 Å². The number of nitrogens with one attached hydrogen (secondary N) is 1. The molecule has 1 saturated carbocycles. The maximum atomic E-state index is 3.81. The fourth-order valence-electron chi connectivity index (χ4n) is 1.90. The largest absolute Gasteiger partial charge is 0.383 e. The molecule has 0 saturated heterocycles. The Kier molecular flexibility index (Phi) is 4.66. The van der Waals surface area contributed by atoms with Crippen molar-refractivity contribution in [1.29, 1.82) is 0 Å². The molecule has 0 amide bonds. The lowest BCUT2D eigenvalue weighted by Gasteiger charge is -2.24. The summed E-state index contributed by atoms with van der Waals surface area (Å²) in [6.45, 7) is 5.97. The van der Waals surface area contributed by atoms with Gasteiger partial charge in [0.05, 0.1) is 0 Å². The third-order valence-corrected chi connectivity index (χ3v) is 2.62. The highest BCUT2D eigenvalue weighted by Crippen LogP contribution is 2.18. The van der Waals surface area contributed by atoms with E-state index in [1.54, 1.807) is 0 Å². The molecular weight excluding hydrogens is 158 g/mol. The molecule has 0 bridgehead atoms. The van der Waals surface area contributed by atoms with Crippen molar-refractivity contribution in [3.63, 3.8) is 0 Å². The molecule has 0 unspecified atom stereocenters. The SMILES string of the molecule is C=C/C(=C\CC)NC1CCCCC1. The maximum Gasteiger partial charge on any atom is 0.0295 e. The average Bonchev–Trinajstić information content (AvgIpc) is 2.19. The van der Waals surface area contributed by atoms with Gasteiger partial charge in [-0.15, -0.1) is 0 Å². The van der Waals surface area contributed by atoms with Crippen molar-refractivity contribution < 1.29 is 0 Å². The Bertz CT molecular complexity index is 176. The quantitative estimate of drug-likeness (QED) is 0.652. The standard InChI is InChI=1S/C12H21N/c1-3-8-11(4-2)13-12-9-6-5-7-10-12/h4,8,12-13H,2-3,5-7,9-10H2,1H3/b11-8+. The molecule has 0 atom stereocenters. The zero-order chi connectivity index (χ0) is 9.52. The van der Waals surface area contributed by atoms with Gasteiger partial charge in [0, 0.05) is 11.7 Å². The lowest BCUT2D eigenvalue weighted by Crippen LogP contribution is -2.29. The lowest BCUT2D eigenvalue weighted by molar-refractivity contribution is 0.399. The molecule has 13 heavy (non-hydrogen) atoms. The first-order valence-electron chi connectivity index (χ1n) is 5.46. The summed E-state index contributed by atoms with van der Waals surface area (Å²) in [7, 11) is 0. The van der Waals surface area contributed by atoms with Crippen LogP contribution >= 0.6 is 0 Å². The van der Waals surface area contributed by atoms with Gasteiger partial charge in [-0.05, 0) is 25.3 Å². The van der Waals surface area contributed by atoms with Gasteiger partial charge in [0.15, 0.2) is 0 Å². The summed E-state index contributed by atoms with van der Waals surface area (Å²) in [4.78, 5) is 0. The first-order valence-corrected chi connectivity index (χ1v) is 5.46. The predicted molar refractivity (Wildman–Crippen MR) is 58.6 cm³/mol. The third kappa shape index (κ3) is 3.67. The Balaban J connectivity index is 2.35. The number of allylic oxidation sites excluding steroid dienone is 2. The van der Waals surface area contributed by atoms with Crippen LogP contribution in [-0.4, -0.2) is 6.04 Å². The van der Waals surface area contributed by atoms with E-state index in [4.69, 9.17) is 0 Å². The van der Waals surface area contributed by atoms with Gasteiger partial charge in [0.2, 0.25) is 0 Å². The Hall–Kier alpha value is -0.720. The fourth-order valence-corrected chi connectivity index (χ4v) is 1.90. The van der Waals surface area contributed by atoms with Gasteiger partial charge in [-0.2, -0.15) is 0 Å². The van der Waals surface area contributed by atoms with Crippen LogP contribution in [0, 0.1) is 0 Å². The van der Waals surface area contributed by atoms with Crippen LogP contribution < -0.4 is 5.32 Å². The minimum Gasteiger partial charge on any atom is -0.383 e. The van der Waals surface area contributed by atoms with Crippen molar-refractivity contribution in [2.75, 3.05) is 0 Å². The summed E-state index contributed by atoms with van der Waals surface area (Å²) < 4.78 is 0. The normalized spacial score (nSPS) is 19.9. The van der Waals surface area contributed by atoms with Crippen LogP contribution in [0.3, 0.4) is 0 Å². The van der Waals surface area contributed by atoms with Crippen LogP contribution in [0.15, 0.2) is 24.4 Å². The van der Waals surface area contributed by atoms with E-state index >= 15 is 0 Å².